The van der Waals surface area contributed by atoms with E-state index < -0.39 is 11.4 Å². The Labute approximate surface area is 127 Å². The van der Waals surface area contributed by atoms with Gasteiger partial charge in [0, 0.05) is 19.0 Å². The van der Waals surface area contributed by atoms with Crippen molar-refractivity contribution in [3.63, 3.8) is 0 Å². The molecule has 2 fully saturated rings. The van der Waals surface area contributed by atoms with Crippen LogP contribution in [-0.4, -0.2) is 47.6 Å². The average molecular weight is 296 g/mol. The molecule has 1 saturated heterocycles. The second kappa shape index (κ2) is 7.25. The number of likely N-dealkylation sites (tertiary alicyclic amines) is 1. The molecular weight excluding hydrogens is 268 g/mol. The number of carboxylic acid groups (broad SMARTS) is 1. The van der Waals surface area contributed by atoms with Crippen molar-refractivity contribution in [1.29, 1.82) is 0 Å². The molecule has 1 unspecified atom stereocenters. The summed E-state index contributed by atoms with van der Waals surface area (Å²) in [5.74, 6) is -0.876. The molecule has 1 aliphatic carbocycles. The molecular formula is C16H28N2O3. The monoisotopic (exact) mass is 296 g/mol. The molecule has 1 aliphatic heterocycles. The summed E-state index contributed by atoms with van der Waals surface area (Å²) in [7, 11) is 0. The summed E-state index contributed by atoms with van der Waals surface area (Å²) in [5.41, 5.74) is -0.818. The van der Waals surface area contributed by atoms with Gasteiger partial charge in [0.15, 0.2) is 0 Å². The number of piperidine rings is 1. The predicted molar refractivity (Wildman–Crippen MR) is 81.0 cm³/mol. The van der Waals surface area contributed by atoms with Crippen LogP contribution >= 0.6 is 0 Å². The van der Waals surface area contributed by atoms with Gasteiger partial charge in [0.25, 0.3) is 0 Å². The molecule has 120 valence electrons. The minimum absolute atomic E-state index is 0.0812. The molecule has 2 N–H and O–H groups in total. The van der Waals surface area contributed by atoms with Gasteiger partial charge in [-0.25, -0.2) is 0 Å². The highest BCUT2D eigenvalue weighted by atomic mass is 16.4. The van der Waals surface area contributed by atoms with E-state index in [1.807, 2.05) is 0 Å². The van der Waals surface area contributed by atoms with Crippen LogP contribution in [0.15, 0.2) is 0 Å². The quantitative estimate of drug-likeness (QED) is 0.814. The predicted octanol–water partition coefficient (Wildman–Crippen LogP) is 2.01. The third-order valence-corrected chi connectivity index (χ3v) is 5.08. The van der Waals surface area contributed by atoms with Gasteiger partial charge in [-0.3, -0.25) is 9.59 Å². The first kappa shape index (κ1) is 16.3. The largest absolute Gasteiger partial charge is 0.481 e. The molecule has 0 bridgehead atoms. The Morgan fingerprint density at radius 3 is 2.57 bits per heavy atom. The van der Waals surface area contributed by atoms with Crippen molar-refractivity contribution in [3.05, 3.63) is 0 Å². The highest BCUT2D eigenvalue weighted by Crippen LogP contribution is 2.39. The van der Waals surface area contributed by atoms with E-state index in [1.54, 1.807) is 0 Å². The lowest BCUT2D eigenvalue weighted by molar-refractivity contribution is -0.154. The molecule has 2 aliphatic rings. The molecule has 5 nitrogen and oxygen atoms in total. The van der Waals surface area contributed by atoms with Crippen molar-refractivity contribution >= 4 is 11.9 Å². The van der Waals surface area contributed by atoms with Gasteiger partial charge in [-0.05, 0) is 38.8 Å². The second-order valence-corrected chi connectivity index (χ2v) is 6.62. The van der Waals surface area contributed by atoms with Crippen molar-refractivity contribution in [2.45, 2.75) is 64.3 Å². The summed E-state index contributed by atoms with van der Waals surface area (Å²) >= 11 is 0. The van der Waals surface area contributed by atoms with Crippen LogP contribution in [-0.2, 0) is 9.59 Å². The van der Waals surface area contributed by atoms with Gasteiger partial charge >= 0.3 is 5.97 Å². The SMILES string of the molecule is CCN1CCCC(NC(=O)CC2(C(=O)O)CCCCC2)C1. The highest BCUT2D eigenvalue weighted by molar-refractivity contribution is 5.85. The number of carboxylic acids is 1. The van der Waals surface area contributed by atoms with Crippen LogP contribution in [0, 0.1) is 5.41 Å². The zero-order chi connectivity index (χ0) is 15.3. The molecule has 0 aromatic heterocycles. The molecule has 2 rings (SSSR count). The molecule has 1 atom stereocenters. The number of nitrogens with one attached hydrogen (secondary N) is 1. The first-order valence-corrected chi connectivity index (χ1v) is 8.31. The topological polar surface area (TPSA) is 69.6 Å². The van der Waals surface area contributed by atoms with Crippen molar-refractivity contribution in [3.8, 4) is 0 Å². The van der Waals surface area contributed by atoms with Crippen LogP contribution in [0.2, 0.25) is 0 Å². The van der Waals surface area contributed by atoms with E-state index in [9.17, 15) is 14.7 Å². The van der Waals surface area contributed by atoms with Crippen LogP contribution in [0.3, 0.4) is 0 Å². The maximum Gasteiger partial charge on any atom is 0.310 e. The standard InChI is InChI=1S/C16H28N2O3/c1-2-18-10-6-7-13(12-18)17-14(19)11-16(15(20)21)8-4-3-5-9-16/h13H,2-12H2,1H3,(H,17,19)(H,20,21). The van der Waals surface area contributed by atoms with Gasteiger partial charge in [-0.2, -0.15) is 0 Å². The summed E-state index contributed by atoms with van der Waals surface area (Å²) in [6.45, 7) is 5.13. The van der Waals surface area contributed by atoms with Gasteiger partial charge in [0.2, 0.25) is 5.91 Å². The number of nitrogens with zero attached hydrogens (tertiary/aromatic N) is 1. The third-order valence-electron chi connectivity index (χ3n) is 5.08. The van der Waals surface area contributed by atoms with Crippen LogP contribution in [0.4, 0.5) is 0 Å². The molecule has 1 saturated carbocycles. The molecule has 0 radical (unpaired) electrons. The Morgan fingerprint density at radius 1 is 1.24 bits per heavy atom. The Kier molecular flexibility index (Phi) is 5.62. The van der Waals surface area contributed by atoms with Gasteiger partial charge in [0.05, 0.1) is 5.41 Å². The Bertz CT molecular complexity index is 378. The number of hydrogen-bond donors (Lipinski definition) is 2. The fourth-order valence-electron chi connectivity index (χ4n) is 3.74. The van der Waals surface area contributed by atoms with Crippen LogP contribution in [0.25, 0.3) is 0 Å². The second-order valence-electron chi connectivity index (χ2n) is 6.62. The zero-order valence-electron chi connectivity index (χ0n) is 13.1. The summed E-state index contributed by atoms with van der Waals surface area (Å²) in [6, 6.07) is 0.181. The number of amides is 1. The van der Waals surface area contributed by atoms with E-state index in [-0.39, 0.29) is 18.4 Å². The average Bonchev–Trinajstić information content (AvgIpc) is 2.48. The normalized spacial score (nSPS) is 26.2. The van der Waals surface area contributed by atoms with Gasteiger partial charge in [-0.15, -0.1) is 0 Å². The van der Waals surface area contributed by atoms with Crippen molar-refractivity contribution in [2.24, 2.45) is 5.41 Å². The number of carbonyl (C=O) groups is 2. The summed E-state index contributed by atoms with van der Waals surface area (Å²) < 4.78 is 0. The molecule has 0 spiro atoms. The van der Waals surface area contributed by atoms with Crippen LogP contribution in [0.1, 0.15) is 58.3 Å². The lowest BCUT2D eigenvalue weighted by Crippen LogP contribution is -2.49. The van der Waals surface area contributed by atoms with Crippen molar-refractivity contribution < 1.29 is 14.7 Å². The van der Waals surface area contributed by atoms with E-state index in [0.717, 1.165) is 51.7 Å². The Morgan fingerprint density at radius 2 is 1.95 bits per heavy atom. The number of carbonyl (C=O) groups excluding carboxylic acids is 1. The maximum atomic E-state index is 12.3. The summed E-state index contributed by atoms with van der Waals surface area (Å²) in [4.78, 5) is 26.2. The Balaban J connectivity index is 1.89. The van der Waals surface area contributed by atoms with E-state index in [0.29, 0.717) is 12.8 Å². The molecule has 0 aromatic rings. The number of likely N-dealkylation sites (N-methyl/N-ethyl adjacent to an activating group) is 1. The minimum Gasteiger partial charge on any atom is -0.481 e. The van der Waals surface area contributed by atoms with Gasteiger partial charge < -0.3 is 15.3 Å². The third kappa shape index (κ3) is 4.19. The van der Waals surface area contributed by atoms with Crippen LogP contribution < -0.4 is 5.32 Å². The fourth-order valence-corrected chi connectivity index (χ4v) is 3.74. The van der Waals surface area contributed by atoms with Crippen LogP contribution in [0.5, 0.6) is 0 Å². The highest BCUT2D eigenvalue weighted by Gasteiger charge is 2.41. The minimum atomic E-state index is -0.818. The number of hydrogen-bond acceptors (Lipinski definition) is 3. The smallest absolute Gasteiger partial charge is 0.310 e. The molecule has 1 heterocycles. The van der Waals surface area contributed by atoms with E-state index in [4.69, 9.17) is 0 Å². The molecule has 0 aromatic carbocycles. The zero-order valence-corrected chi connectivity index (χ0v) is 13.1. The number of aliphatic carboxylic acids is 1. The van der Waals surface area contributed by atoms with E-state index >= 15 is 0 Å². The van der Waals surface area contributed by atoms with Gasteiger partial charge in [-0.1, -0.05) is 26.2 Å². The lowest BCUT2D eigenvalue weighted by atomic mass is 9.71. The number of rotatable bonds is 5. The fraction of sp³-hybridized carbons (Fsp3) is 0.875. The molecule has 21 heavy (non-hydrogen) atoms. The van der Waals surface area contributed by atoms with E-state index in [1.165, 1.54) is 0 Å². The summed E-state index contributed by atoms with van der Waals surface area (Å²) in [6.07, 6.45) is 6.46. The maximum absolute atomic E-state index is 12.3. The summed E-state index contributed by atoms with van der Waals surface area (Å²) in [5, 5.41) is 12.6. The molecule has 5 heteroatoms. The van der Waals surface area contributed by atoms with Crippen molar-refractivity contribution in [1.82, 2.24) is 10.2 Å². The first-order chi connectivity index (χ1) is 10.1. The van der Waals surface area contributed by atoms with Crippen molar-refractivity contribution in [2.75, 3.05) is 19.6 Å². The molecule has 1 amide bonds. The van der Waals surface area contributed by atoms with Gasteiger partial charge in [0.1, 0.15) is 0 Å². The first-order valence-electron chi connectivity index (χ1n) is 8.31. The lowest BCUT2D eigenvalue weighted by Gasteiger charge is -2.35. The van der Waals surface area contributed by atoms with E-state index in [2.05, 4.69) is 17.1 Å². The Hall–Kier alpha value is -1.10.